The molecule has 5 rings (SSSR count). The summed E-state index contributed by atoms with van der Waals surface area (Å²) in [4.78, 5) is 27.6. The molecule has 0 saturated carbocycles. The number of nitrogens with one attached hydrogen (secondary N) is 1. The van der Waals surface area contributed by atoms with Crippen molar-refractivity contribution in [1.29, 1.82) is 0 Å². The van der Waals surface area contributed by atoms with Gasteiger partial charge < -0.3 is 18.9 Å². The number of para-hydroxylation sites is 1. The van der Waals surface area contributed by atoms with Gasteiger partial charge in [-0.3, -0.25) is 4.79 Å². The first-order valence-corrected chi connectivity index (χ1v) is 16.2. The molecule has 2 heterocycles. The van der Waals surface area contributed by atoms with E-state index in [9.17, 15) is 18.0 Å². The highest BCUT2D eigenvalue weighted by Crippen LogP contribution is 2.26. The number of carbonyl (C=O) groups is 2. The van der Waals surface area contributed by atoms with E-state index in [1.807, 2.05) is 67.6 Å². The van der Waals surface area contributed by atoms with Gasteiger partial charge in [0.05, 0.1) is 17.3 Å². The predicted octanol–water partition coefficient (Wildman–Crippen LogP) is 5.79. The molecule has 3 aromatic carbocycles. The monoisotopic (exact) mass is 623 g/mol. The fraction of sp³-hybridized carbons (Fsp3) is 0.312. The molecule has 1 N–H and O–H groups in total. The van der Waals surface area contributed by atoms with Crippen molar-refractivity contribution in [2.24, 2.45) is 5.92 Å². The van der Waals surface area contributed by atoms with Gasteiger partial charge in [0.25, 0.3) is 5.91 Å². The summed E-state index contributed by atoms with van der Waals surface area (Å²) in [5.41, 5.74) is 2.84. The highest BCUT2D eigenvalue weighted by molar-refractivity contribution is 7.90. The van der Waals surface area contributed by atoms with Crippen LogP contribution in [0.2, 0.25) is 5.02 Å². The quantitative estimate of drug-likeness (QED) is 0.240. The molecular formula is C32H34ClN3O6S. The van der Waals surface area contributed by atoms with Crippen LogP contribution < -0.4 is 9.46 Å². The number of aromatic nitrogens is 1. The molecule has 0 radical (unpaired) electrons. The number of amides is 2. The smallest absolute Gasteiger partial charge is 0.410 e. The molecule has 11 heteroatoms. The summed E-state index contributed by atoms with van der Waals surface area (Å²) in [6.07, 6.45) is 0.790. The molecule has 1 atom stereocenters. The van der Waals surface area contributed by atoms with Gasteiger partial charge in [-0.1, -0.05) is 66.2 Å². The number of aryl methyl sites for hydroxylation is 1. The zero-order valence-corrected chi connectivity index (χ0v) is 25.4. The van der Waals surface area contributed by atoms with Gasteiger partial charge in [0.2, 0.25) is 10.0 Å². The third-order valence-electron chi connectivity index (χ3n) is 7.49. The number of ether oxygens (including phenoxy) is 2. The molecule has 0 spiro atoms. The van der Waals surface area contributed by atoms with E-state index in [1.54, 1.807) is 22.8 Å². The summed E-state index contributed by atoms with van der Waals surface area (Å²) in [7, 11) is -4.01. The number of rotatable bonds is 10. The van der Waals surface area contributed by atoms with Gasteiger partial charge in [0.15, 0.2) is 0 Å². The molecular weight excluding hydrogens is 590 g/mol. The maximum Gasteiger partial charge on any atom is 0.410 e. The number of sulfonamides is 1. The third kappa shape index (κ3) is 7.69. The van der Waals surface area contributed by atoms with Crippen LogP contribution >= 0.6 is 11.6 Å². The lowest BCUT2D eigenvalue weighted by atomic mass is 10.0. The normalized spacial score (nSPS) is 15.3. The van der Waals surface area contributed by atoms with Crippen molar-refractivity contribution >= 4 is 44.5 Å². The third-order valence-corrected chi connectivity index (χ3v) is 9.21. The molecule has 1 saturated heterocycles. The fourth-order valence-electron chi connectivity index (χ4n) is 5.39. The Morgan fingerprint density at radius 1 is 1.02 bits per heavy atom. The molecule has 4 aromatic rings. The maximum absolute atomic E-state index is 13.4. The van der Waals surface area contributed by atoms with Crippen molar-refractivity contribution < 1.29 is 27.5 Å². The van der Waals surface area contributed by atoms with Crippen LogP contribution in [0.5, 0.6) is 5.75 Å². The standard InChI is InChI=1S/C32H34ClN3O6S/c1-23-9-7-14-28-26(23)19-29(36(28)17-18-41-30-15-6-5-13-27(30)33)31(37)34-43(39,40)22-25-12-8-16-35(20-25)32(38)42-21-24-10-3-2-4-11-24/h2-7,9-11,13-15,19,25H,8,12,16-18,20-22H2,1H3,(H,34,37). The van der Waals surface area contributed by atoms with Crippen LogP contribution in [0.4, 0.5) is 4.79 Å². The van der Waals surface area contributed by atoms with Gasteiger partial charge in [0.1, 0.15) is 24.7 Å². The number of hydrogen-bond acceptors (Lipinski definition) is 6. The second-order valence-electron chi connectivity index (χ2n) is 10.7. The molecule has 43 heavy (non-hydrogen) atoms. The van der Waals surface area contributed by atoms with E-state index in [1.165, 1.54) is 4.90 Å². The van der Waals surface area contributed by atoms with Gasteiger partial charge in [-0.2, -0.15) is 0 Å². The SMILES string of the molecule is Cc1cccc2c1cc(C(=O)NS(=O)(=O)CC1CCCN(C(=O)OCc3ccccc3)C1)n2CCOc1ccccc1Cl. The van der Waals surface area contributed by atoms with Crippen molar-refractivity contribution in [2.45, 2.75) is 32.9 Å². The number of nitrogens with zero attached hydrogens (tertiary/aromatic N) is 2. The lowest BCUT2D eigenvalue weighted by Crippen LogP contribution is -2.44. The molecule has 9 nitrogen and oxygen atoms in total. The highest BCUT2D eigenvalue weighted by atomic mass is 35.5. The minimum Gasteiger partial charge on any atom is -0.490 e. The molecule has 0 aliphatic carbocycles. The number of hydrogen-bond donors (Lipinski definition) is 1. The first-order chi connectivity index (χ1) is 20.7. The number of fused-ring (bicyclic) bond motifs is 1. The van der Waals surface area contributed by atoms with Crippen LogP contribution in [0.1, 0.15) is 34.5 Å². The largest absolute Gasteiger partial charge is 0.490 e. The Bertz CT molecular complexity index is 1710. The van der Waals surface area contributed by atoms with Crippen molar-refractivity contribution in [3.05, 3.63) is 101 Å². The Kier molecular flexibility index (Phi) is 9.57. The predicted molar refractivity (Wildman–Crippen MR) is 166 cm³/mol. The zero-order valence-electron chi connectivity index (χ0n) is 23.9. The first kappa shape index (κ1) is 30.4. The summed E-state index contributed by atoms with van der Waals surface area (Å²) in [6, 6.07) is 23.9. The van der Waals surface area contributed by atoms with Gasteiger partial charge in [-0.25, -0.2) is 17.9 Å². The highest BCUT2D eigenvalue weighted by Gasteiger charge is 2.30. The summed E-state index contributed by atoms with van der Waals surface area (Å²) in [5.74, 6) is -0.810. The zero-order chi connectivity index (χ0) is 30.4. The van der Waals surface area contributed by atoms with Crippen molar-refractivity contribution in [3.8, 4) is 5.75 Å². The van der Waals surface area contributed by atoms with Gasteiger partial charge in [-0.15, -0.1) is 0 Å². The fourth-order valence-corrected chi connectivity index (χ4v) is 6.95. The van der Waals surface area contributed by atoms with Crippen LogP contribution in [0.3, 0.4) is 0 Å². The van der Waals surface area contributed by atoms with Crippen LogP contribution in [0.15, 0.2) is 78.9 Å². The Labute approximate surface area is 256 Å². The minimum atomic E-state index is -4.01. The summed E-state index contributed by atoms with van der Waals surface area (Å²) in [6.45, 7) is 3.32. The van der Waals surface area contributed by atoms with E-state index >= 15 is 0 Å². The van der Waals surface area contributed by atoms with Gasteiger partial charge in [0, 0.05) is 24.0 Å². The summed E-state index contributed by atoms with van der Waals surface area (Å²) < 4.78 is 41.7. The number of carbonyl (C=O) groups excluding carboxylic acids is 2. The number of likely N-dealkylation sites (tertiary alicyclic amines) is 1. The topological polar surface area (TPSA) is 107 Å². The van der Waals surface area contributed by atoms with E-state index in [-0.39, 0.29) is 37.1 Å². The Hall–Kier alpha value is -4.02. The van der Waals surface area contributed by atoms with E-state index in [4.69, 9.17) is 21.1 Å². The number of benzene rings is 3. The van der Waals surface area contributed by atoms with Crippen molar-refractivity contribution in [1.82, 2.24) is 14.2 Å². The second-order valence-corrected chi connectivity index (χ2v) is 12.8. The van der Waals surface area contributed by atoms with Crippen molar-refractivity contribution in [3.63, 3.8) is 0 Å². The van der Waals surface area contributed by atoms with Gasteiger partial charge in [-0.05, 0) is 61.1 Å². The van der Waals surface area contributed by atoms with Gasteiger partial charge >= 0.3 is 6.09 Å². The molecule has 1 aliphatic heterocycles. The first-order valence-electron chi connectivity index (χ1n) is 14.2. The average molecular weight is 624 g/mol. The molecule has 0 bridgehead atoms. The Morgan fingerprint density at radius 2 is 1.79 bits per heavy atom. The maximum atomic E-state index is 13.4. The molecule has 2 amide bonds. The van der Waals surface area contributed by atoms with Crippen LogP contribution in [0.25, 0.3) is 10.9 Å². The van der Waals surface area contributed by atoms with Crippen LogP contribution in [-0.4, -0.2) is 55.3 Å². The molecule has 226 valence electrons. The molecule has 1 unspecified atom stereocenters. The molecule has 1 aromatic heterocycles. The lowest BCUT2D eigenvalue weighted by Gasteiger charge is -2.31. The van der Waals surface area contributed by atoms with Crippen molar-refractivity contribution in [2.75, 3.05) is 25.4 Å². The minimum absolute atomic E-state index is 0.145. The summed E-state index contributed by atoms with van der Waals surface area (Å²) >= 11 is 6.21. The van der Waals surface area contributed by atoms with E-state index < -0.39 is 22.0 Å². The molecule has 1 aliphatic rings. The Morgan fingerprint density at radius 3 is 2.58 bits per heavy atom. The molecule has 1 fully saturated rings. The van der Waals surface area contributed by atoms with Crippen LogP contribution in [-0.2, 0) is 27.9 Å². The second kappa shape index (κ2) is 13.5. The van der Waals surface area contributed by atoms with Crippen LogP contribution in [0, 0.1) is 12.8 Å². The van der Waals surface area contributed by atoms with E-state index in [0.717, 1.165) is 22.0 Å². The van der Waals surface area contributed by atoms with E-state index in [2.05, 4.69) is 4.72 Å². The average Bonchev–Trinajstić information content (AvgIpc) is 3.37. The lowest BCUT2D eigenvalue weighted by molar-refractivity contribution is 0.0811. The Balaban J connectivity index is 1.24. The number of piperidine rings is 1. The van der Waals surface area contributed by atoms with E-state index in [0.29, 0.717) is 36.7 Å². The number of halogens is 1. The summed E-state index contributed by atoms with van der Waals surface area (Å²) in [5, 5.41) is 1.32.